The highest BCUT2D eigenvalue weighted by Gasteiger charge is 2.38. The number of hydrogen-bond acceptors (Lipinski definition) is 5. The minimum Gasteiger partial charge on any atom is -0.368 e. The Morgan fingerprint density at radius 1 is 1.00 bits per heavy atom. The van der Waals surface area contributed by atoms with Crippen LogP contribution in [-0.4, -0.2) is 37.4 Å². The standard InChI is InChI=1S/C25H25ClN2O3S/c1-2-32(30,31)23-14-8-20(9-15-23)24-27-25(29,17-16-19-6-4-3-5-7-19)18-28(24)22-12-10-21(26)11-13-22/h3-15,29H,2,16-18H2,1H3. The summed E-state index contributed by atoms with van der Waals surface area (Å²) in [5, 5.41) is 12.0. The summed E-state index contributed by atoms with van der Waals surface area (Å²) in [4.78, 5) is 6.94. The van der Waals surface area contributed by atoms with Crippen molar-refractivity contribution < 1.29 is 13.5 Å². The lowest BCUT2D eigenvalue weighted by Crippen LogP contribution is -2.36. The lowest BCUT2D eigenvalue weighted by Gasteiger charge is -2.24. The van der Waals surface area contributed by atoms with Gasteiger partial charge in [0.1, 0.15) is 5.84 Å². The number of nitrogens with zero attached hydrogens (tertiary/aromatic N) is 2. The fourth-order valence-electron chi connectivity index (χ4n) is 3.78. The van der Waals surface area contributed by atoms with Gasteiger partial charge < -0.3 is 10.0 Å². The van der Waals surface area contributed by atoms with Crippen molar-refractivity contribution in [1.82, 2.24) is 0 Å². The molecule has 4 rings (SSSR count). The molecule has 3 aromatic carbocycles. The number of rotatable bonds is 7. The van der Waals surface area contributed by atoms with Crippen molar-refractivity contribution in [2.75, 3.05) is 17.2 Å². The summed E-state index contributed by atoms with van der Waals surface area (Å²) in [6.07, 6.45) is 1.16. The molecule has 1 heterocycles. The van der Waals surface area contributed by atoms with Crippen LogP contribution in [0.2, 0.25) is 5.02 Å². The zero-order chi connectivity index (χ0) is 22.8. The van der Waals surface area contributed by atoms with Crippen molar-refractivity contribution in [3.8, 4) is 0 Å². The average Bonchev–Trinajstić information content (AvgIpc) is 3.17. The number of aliphatic hydroxyl groups is 1. The second kappa shape index (κ2) is 9.06. The van der Waals surface area contributed by atoms with Gasteiger partial charge in [-0.15, -0.1) is 0 Å². The van der Waals surface area contributed by atoms with Gasteiger partial charge in [-0.3, -0.25) is 0 Å². The number of hydrogen-bond donors (Lipinski definition) is 1. The van der Waals surface area contributed by atoms with Gasteiger partial charge in [0.15, 0.2) is 15.6 Å². The predicted molar refractivity (Wildman–Crippen MR) is 129 cm³/mol. The van der Waals surface area contributed by atoms with Crippen LogP contribution in [0.5, 0.6) is 0 Å². The number of aliphatic imine (C=N–C) groups is 1. The SMILES string of the molecule is CCS(=O)(=O)c1ccc(C2=NC(O)(CCc3ccccc3)CN2c2ccc(Cl)cc2)cc1. The van der Waals surface area contributed by atoms with Gasteiger partial charge in [-0.2, -0.15) is 0 Å². The average molecular weight is 469 g/mol. The maximum atomic E-state index is 12.2. The van der Waals surface area contributed by atoms with E-state index in [-0.39, 0.29) is 10.6 Å². The minimum atomic E-state index is -3.29. The third-order valence-corrected chi connectivity index (χ3v) is 7.63. The molecule has 5 nitrogen and oxygen atoms in total. The zero-order valence-corrected chi connectivity index (χ0v) is 19.4. The van der Waals surface area contributed by atoms with Crippen molar-refractivity contribution in [3.63, 3.8) is 0 Å². The van der Waals surface area contributed by atoms with Gasteiger partial charge in [0.2, 0.25) is 0 Å². The van der Waals surface area contributed by atoms with Crippen LogP contribution in [-0.2, 0) is 16.3 Å². The summed E-state index contributed by atoms with van der Waals surface area (Å²) >= 11 is 6.06. The molecule has 0 fully saturated rings. The molecule has 0 amide bonds. The molecule has 1 unspecified atom stereocenters. The van der Waals surface area contributed by atoms with E-state index >= 15 is 0 Å². The summed E-state index contributed by atoms with van der Waals surface area (Å²) < 4.78 is 24.4. The second-order valence-corrected chi connectivity index (χ2v) is 10.6. The van der Waals surface area contributed by atoms with E-state index in [0.717, 1.165) is 16.8 Å². The summed E-state index contributed by atoms with van der Waals surface area (Å²) in [6, 6.07) is 24.0. The molecule has 1 N–H and O–H groups in total. The quantitative estimate of drug-likeness (QED) is 0.544. The number of aryl methyl sites for hydroxylation is 1. The van der Waals surface area contributed by atoms with E-state index in [2.05, 4.69) is 0 Å². The molecule has 0 saturated carbocycles. The Morgan fingerprint density at radius 3 is 2.28 bits per heavy atom. The molecule has 1 aliphatic heterocycles. The van der Waals surface area contributed by atoms with E-state index in [1.807, 2.05) is 47.4 Å². The molecule has 0 bridgehead atoms. The fourth-order valence-corrected chi connectivity index (χ4v) is 4.79. The molecule has 3 aromatic rings. The number of sulfone groups is 1. The molecular weight excluding hydrogens is 444 g/mol. The lowest BCUT2D eigenvalue weighted by molar-refractivity contribution is 0.0584. The topological polar surface area (TPSA) is 70.0 Å². The normalized spacial score (nSPS) is 18.6. The smallest absolute Gasteiger partial charge is 0.178 e. The molecule has 1 atom stereocenters. The zero-order valence-electron chi connectivity index (χ0n) is 17.8. The lowest BCUT2D eigenvalue weighted by atomic mass is 10.0. The highest BCUT2D eigenvalue weighted by atomic mass is 35.5. The number of anilines is 1. The molecular formula is C25H25ClN2O3S. The van der Waals surface area contributed by atoms with E-state index in [0.29, 0.717) is 30.2 Å². The van der Waals surface area contributed by atoms with E-state index < -0.39 is 15.6 Å². The van der Waals surface area contributed by atoms with Crippen LogP contribution in [0.1, 0.15) is 24.5 Å². The highest BCUT2D eigenvalue weighted by Crippen LogP contribution is 2.32. The van der Waals surface area contributed by atoms with Crippen LogP contribution in [0.25, 0.3) is 0 Å². The molecule has 1 aliphatic rings. The molecule has 7 heteroatoms. The van der Waals surface area contributed by atoms with E-state index in [1.54, 1.807) is 43.3 Å². The largest absolute Gasteiger partial charge is 0.368 e. The van der Waals surface area contributed by atoms with Crippen LogP contribution in [0.3, 0.4) is 0 Å². The first kappa shape index (κ1) is 22.5. The second-order valence-electron chi connectivity index (χ2n) is 7.89. The van der Waals surface area contributed by atoms with Crippen molar-refractivity contribution in [3.05, 3.63) is 95.0 Å². The van der Waals surface area contributed by atoms with Crippen LogP contribution in [0.15, 0.2) is 88.8 Å². The third-order valence-electron chi connectivity index (χ3n) is 5.63. The van der Waals surface area contributed by atoms with Crippen LogP contribution >= 0.6 is 11.6 Å². The number of benzene rings is 3. The number of halogens is 1. The molecule has 166 valence electrons. The maximum absolute atomic E-state index is 12.2. The maximum Gasteiger partial charge on any atom is 0.178 e. The summed E-state index contributed by atoms with van der Waals surface area (Å²) in [7, 11) is -3.29. The Bertz CT molecular complexity index is 1210. The Morgan fingerprint density at radius 2 is 1.66 bits per heavy atom. The van der Waals surface area contributed by atoms with Gasteiger partial charge in [-0.25, -0.2) is 13.4 Å². The first-order valence-electron chi connectivity index (χ1n) is 10.5. The molecule has 0 saturated heterocycles. The van der Waals surface area contributed by atoms with E-state index in [9.17, 15) is 13.5 Å². The van der Waals surface area contributed by atoms with E-state index in [4.69, 9.17) is 16.6 Å². The number of β-amino-alcohol motifs (C(OH)–C–C–N with tert-alkyl or cyclic N) is 1. The molecule has 32 heavy (non-hydrogen) atoms. The summed E-state index contributed by atoms with van der Waals surface area (Å²) in [5.41, 5.74) is 1.47. The van der Waals surface area contributed by atoms with E-state index in [1.165, 1.54) is 0 Å². The van der Waals surface area contributed by atoms with Crippen molar-refractivity contribution >= 4 is 33.0 Å². The summed E-state index contributed by atoms with van der Waals surface area (Å²) in [6.45, 7) is 1.92. The predicted octanol–water partition coefficient (Wildman–Crippen LogP) is 4.72. The van der Waals surface area contributed by atoms with Gasteiger partial charge in [-0.05, 0) is 60.5 Å². The Hall–Kier alpha value is -2.67. The third kappa shape index (κ3) is 4.88. The monoisotopic (exact) mass is 468 g/mol. The van der Waals surface area contributed by atoms with Crippen molar-refractivity contribution in [2.24, 2.45) is 4.99 Å². The number of amidine groups is 1. The van der Waals surface area contributed by atoms with Gasteiger partial charge in [0.05, 0.1) is 17.2 Å². The van der Waals surface area contributed by atoms with Gasteiger partial charge in [0.25, 0.3) is 0 Å². The summed E-state index contributed by atoms with van der Waals surface area (Å²) in [5.74, 6) is 0.645. The Balaban J connectivity index is 1.67. The first-order chi connectivity index (χ1) is 15.3. The molecule has 0 spiro atoms. The van der Waals surface area contributed by atoms with Crippen molar-refractivity contribution in [1.29, 1.82) is 0 Å². The minimum absolute atomic E-state index is 0.0451. The van der Waals surface area contributed by atoms with Crippen LogP contribution < -0.4 is 4.90 Å². The Kier molecular flexibility index (Phi) is 6.38. The molecule has 0 aromatic heterocycles. The van der Waals surface area contributed by atoms with Gasteiger partial charge in [0, 0.05) is 22.7 Å². The fraction of sp³-hybridized carbons (Fsp3) is 0.240. The van der Waals surface area contributed by atoms with Crippen LogP contribution in [0.4, 0.5) is 5.69 Å². The van der Waals surface area contributed by atoms with Gasteiger partial charge in [-0.1, -0.05) is 48.9 Å². The van der Waals surface area contributed by atoms with Crippen LogP contribution in [0, 0.1) is 0 Å². The molecule has 0 radical (unpaired) electrons. The Labute approximate surface area is 193 Å². The highest BCUT2D eigenvalue weighted by molar-refractivity contribution is 7.91. The van der Waals surface area contributed by atoms with Gasteiger partial charge >= 0.3 is 0 Å². The van der Waals surface area contributed by atoms with Crippen molar-refractivity contribution in [2.45, 2.75) is 30.4 Å². The molecule has 0 aliphatic carbocycles. The first-order valence-corrected chi connectivity index (χ1v) is 12.6.